The molecule has 0 spiro atoms. The molecule has 0 bridgehead atoms. The molecule has 0 aliphatic heterocycles. The maximum atomic E-state index is 13.2. The number of hydrogen-bond donors (Lipinski definition) is 2. The molecule has 0 saturated carbocycles. The molecule has 1 aromatic heterocycles. The number of ketones is 1. The Morgan fingerprint density at radius 1 is 1.17 bits per heavy atom. The van der Waals surface area contributed by atoms with Gasteiger partial charge in [0.1, 0.15) is 5.69 Å². The van der Waals surface area contributed by atoms with Gasteiger partial charge in [-0.2, -0.15) is 18.3 Å². The summed E-state index contributed by atoms with van der Waals surface area (Å²) in [6.07, 6.45) is -3.67. The van der Waals surface area contributed by atoms with Crippen molar-refractivity contribution in [3.63, 3.8) is 0 Å². The van der Waals surface area contributed by atoms with Crippen molar-refractivity contribution in [3.8, 4) is 16.9 Å². The Morgan fingerprint density at radius 3 is 2.47 bits per heavy atom. The summed E-state index contributed by atoms with van der Waals surface area (Å²) in [6, 6.07) is 9.37. The lowest BCUT2D eigenvalue weighted by molar-refractivity contribution is -0.137. The molecule has 190 valence electrons. The SMILES string of the molecule is COCCNC(=O)c1ccc(-n2nc(-c3ccc(C(F)(F)F)cc3)c3c2CC(C)(C)CC3=O)c(N)c1. The Hall–Kier alpha value is -3.66. The van der Waals surface area contributed by atoms with Crippen LogP contribution < -0.4 is 11.1 Å². The van der Waals surface area contributed by atoms with Gasteiger partial charge in [0.05, 0.1) is 34.8 Å². The lowest BCUT2D eigenvalue weighted by atomic mass is 9.75. The van der Waals surface area contributed by atoms with E-state index < -0.39 is 11.7 Å². The van der Waals surface area contributed by atoms with Gasteiger partial charge in [-0.3, -0.25) is 9.59 Å². The highest BCUT2D eigenvalue weighted by Crippen LogP contribution is 2.41. The second-order valence-electron chi connectivity index (χ2n) is 9.62. The molecule has 10 heteroatoms. The summed E-state index contributed by atoms with van der Waals surface area (Å²) in [4.78, 5) is 25.6. The van der Waals surface area contributed by atoms with Crippen molar-refractivity contribution in [3.05, 3.63) is 64.8 Å². The van der Waals surface area contributed by atoms with Gasteiger partial charge in [-0.1, -0.05) is 26.0 Å². The molecule has 3 aromatic rings. The molecule has 0 unspecified atom stereocenters. The van der Waals surface area contributed by atoms with E-state index in [0.717, 1.165) is 12.1 Å². The first kappa shape index (κ1) is 25.4. The van der Waals surface area contributed by atoms with Crippen molar-refractivity contribution in [1.82, 2.24) is 15.1 Å². The summed E-state index contributed by atoms with van der Waals surface area (Å²) < 4.78 is 45.7. The van der Waals surface area contributed by atoms with Crippen LogP contribution in [0.5, 0.6) is 0 Å². The van der Waals surface area contributed by atoms with Crippen LogP contribution in [0.25, 0.3) is 16.9 Å². The molecule has 4 rings (SSSR count). The van der Waals surface area contributed by atoms with Gasteiger partial charge >= 0.3 is 6.18 Å². The number of aromatic nitrogens is 2. The van der Waals surface area contributed by atoms with Crippen LogP contribution in [0.3, 0.4) is 0 Å². The van der Waals surface area contributed by atoms with Gasteiger partial charge < -0.3 is 15.8 Å². The Labute approximate surface area is 206 Å². The van der Waals surface area contributed by atoms with Crippen molar-refractivity contribution in [2.75, 3.05) is 26.0 Å². The second kappa shape index (κ2) is 9.42. The van der Waals surface area contributed by atoms with Crippen molar-refractivity contribution in [2.45, 2.75) is 32.9 Å². The standard InChI is InChI=1S/C26H27F3N4O3/c1-25(2)13-20-22(21(34)14-25)23(15-4-7-17(8-5-15)26(27,28)29)32-33(20)19-9-6-16(12-18(19)30)24(35)31-10-11-36-3/h4-9,12H,10-11,13-14,30H2,1-3H3,(H,31,35). The van der Waals surface area contributed by atoms with Gasteiger partial charge in [0.15, 0.2) is 5.78 Å². The summed E-state index contributed by atoms with van der Waals surface area (Å²) >= 11 is 0. The molecule has 1 heterocycles. The van der Waals surface area contributed by atoms with E-state index in [2.05, 4.69) is 10.4 Å². The molecule has 0 saturated heterocycles. The summed E-state index contributed by atoms with van der Waals surface area (Å²) in [5.41, 5.74) is 8.03. The van der Waals surface area contributed by atoms with Gasteiger partial charge in [-0.15, -0.1) is 0 Å². The normalized spacial score (nSPS) is 15.0. The van der Waals surface area contributed by atoms with Gasteiger partial charge in [0, 0.05) is 31.2 Å². The van der Waals surface area contributed by atoms with Gasteiger partial charge in [-0.05, 0) is 42.2 Å². The first-order valence-electron chi connectivity index (χ1n) is 11.4. The number of nitrogens with zero attached hydrogens (tertiary/aromatic N) is 2. The number of carbonyl (C=O) groups excluding carboxylic acids is 2. The summed E-state index contributed by atoms with van der Waals surface area (Å²) in [7, 11) is 1.54. The number of nitrogens with two attached hydrogens (primary N) is 1. The van der Waals surface area contributed by atoms with E-state index in [9.17, 15) is 22.8 Å². The number of benzene rings is 2. The number of amides is 1. The first-order valence-corrected chi connectivity index (χ1v) is 11.4. The average Bonchev–Trinajstić information content (AvgIpc) is 3.17. The van der Waals surface area contributed by atoms with Crippen LogP contribution in [0, 0.1) is 5.41 Å². The number of ether oxygens (including phenoxy) is 1. The molecular formula is C26H27F3N4O3. The Balaban J connectivity index is 1.79. The van der Waals surface area contributed by atoms with Crippen molar-refractivity contribution in [1.29, 1.82) is 0 Å². The van der Waals surface area contributed by atoms with Crippen molar-refractivity contribution < 1.29 is 27.5 Å². The number of carbonyl (C=O) groups is 2. The summed E-state index contributed by atoms with van der Waals surface area (Å²) in [5, 5.41) is 7.38. The number of anilines is 1. The molecule has 2 aromatic carbocycles. The van der Waals surface area contributed by atoms with Crippen LogP contribution >= 0.6 is 0 Å². The third-order valence-corrected chi connectivity index (χ3v) is 6.14. The minimum Gasteiger partial charge on any atom is -0.397 e. The maximum absolute atomic E-state index is 13.2. The van der Waals surface area contributed by atoms with Crippen LogP contribution in [-0.4, -0.2) is 41.7 Å². The zero-order chi connectivity index (χ0) is 26.3. The summed E-state index contributed by atoms with van der Waals surface area (Å²) in [6.45, 7) is 4.66. The quantitative estimate of drug-likeness (QED) is 0.379. The second-order valence-corrected chi connectivity index (χ2v) is 9.62. The number of rotatable bonds is 6. The van der Waals surface area contributed by atoms with Crippen LogP contribution in [0.1, 0.15) is 52.2 Å². The topological polar surface area (TPSA) is 99.2 Å². The number of nitrogen functional groups attached to an aromatic ring is 1. The van der Waals surface area contributed by atoms with Gasteiger partial charge in [-0.25, -0.2) is 4.68 Å². The first-order chi connectivity index (χ1) is 16.9. The van der Waals surface area contributed by atoms with E-state index >= 15 is 0 Å². The third kappa shape index (κ3) is 4.99. The van der Waals surface area contributed by atoms with E-state index in [-0.39, 0.29) is 29.2 Å². The van der Waals surface area contributed by atoms with E-state index in [1.807, 2.05) is 13.8 Å². The predicted octanol–water partition coefficient (Wildman–Crippen LogP) is 4.67. The summed E-state index contributed by atoms with van der Waals surface area (Å²) in [5.74, 6) is -0.440. The monoisotopic (exact) mass is 500 g/mol. The number of halogens is 3. The van der Waals surface area contributed by atoms with Gasteiger partial charge in [0.25, 0.3) is 5.91 Å². The molecule has 1 aliphatic carbocycles. The maximum Gasteiger partial charge on any atom is 0.416 e. The van der Waals surface area contributed by atoms with Gasteiger partial charge in [0.2, 0.25) is 0 Å². The number of fused-ring (bicyclic) bond motifs is 1. The number of alkyl halides is 3. The van der Waals surface area contributed by atoms with Crippen molar-refractivity contribution >= 4 is 17.4 Å². The van der Waals surface area contributed by atoms with Crippen LogP contribution in [0.4, 0.5) is 18.9 Å². The van der Waals surface area contributed by atoms with Crippen LogP contribution in [0.15, 0.2) is 42.5 Å². The number of methoxy groups -OCH3 is 1. The number of nitrogens with one attached hydrogen (secondary N) is 1. The molecule has 1 amide bonds. The highest BCUT2D eigenvalue weighted by atomic mass is 19.4. The highest BCUT2D eigenvalue weighted by Gasteiger charge is 2.37. The molecule has 1 aliphatic rings. The molecule has 0 fully saturated rings. The minimum atomic E-state index is -4.47. The zero-order valence-corrected chi connectivity index (χ0v) is 20.2. The molecule has 3 N–H and O–H groups in total. The van der Waals surface area contributed by atoms with E-state index in [4.69, 9.17) is 10.5 Å². The molecule has 36 heavy (non-hydrogen) atoms. The molecule has 0 atom stereocenters. The lowest BCUT2D eigenvalue weighted by Crippen LogP contribution is -2.28. The predicted molar refractivity (Wildman–Crippen MR) is 129 cm³/mol. The third-order valence-electron chi connectivity index (χ3n) is 6.14. The Bertz CT molecular complexity index is 1310. The lowest BCUT2D eigenvalue weighted by Gasteiger charge is -2.29. The van der Waals surface area contributed by atoms with Crippen LogP contribution in [0.2, 0.25) is 0 Å². The fourth-order valence-corrected chi connectivity index (χ4v) is 4.42. The largest absolute Gasteiger partial charge is 0.416 e. The smallest absolute Gasteiger partial charge is 0.397 e. The Morgan fingerprint density at radius 2 is 1.86 bits per heavy atom. The molecule has 7 nitrogen and oxygen atoms in total. The Kier molecular flexibility index (Phi) is 6.66. The molecule has 0 radical (unpaired) electrons. The minimum absolute atomic E-state index is 0.130. The van der Waals surface area contributed by atoms with E-state index in [1.165, 1.54) is 25.3 Å². The highest BCUT2D eigenvalue weighted by molar-refractivity contribution is 6.04. The zero-order valence-electron chi connectivity index (χ0n) is 20.2. The number of hydrogen-bond acceptors (Lipinski definition) is 5. The van der Waals surface area contributed by atoms with Crippen LogP contribution in [-0.2, 0) is 17.3 Å². The number of Topliss-reactive ketones (excluding diaryl/α,β-unsaturated/α-hetero) is 1. The van der Waals surface area contributed by atoms with Crippen molar-refractivity contribution in [2.24, 2.45) is 5.41 Å². The average molecular weight is 501 g/mol. The fourth-order valence-electron chi connectivity index (χ4n) is 4.42. The van der Waals surface area contributed by atoms with E-state index in [1.54, 1.807) is 16.8 Å². The van der Waals surface area contributed by atoms with E-state index in [0.29, 0.717) is 53.3 Å². The fraction of sp³-hybridized carbons (Fsp3) is 0.346. The molecular weight excluding hydrogens is 473 g/mol.